The van der Waals surface area contributed by atoms with Crippen LogP contribution in [-0.4, -0.2) is 17.0 Å². The third-order valence-electron chi connectivity index (χ3n) is 5.56. The Kier molecular flexibility index (Phi) is 7.77. The quantitative estimate of drug-likeness (QED) is 0.238. The summed E-state index contributed by atoms with van der Waals surface area (Å²) in [4.78, 5) is 23.0. The molecule has 0 saturated heterocycles. The Morgan fingerprint density at radius 3 is 1.85 bits per heavy atom. The van der Waals surface area contributed by atoms with Crippen molar-refractivity contribution >= 4 is 34.8 Å². The van der Waals surface area contributed by atoms with E-state index in [-0.39, 0.29) is 29.8 Å². The lowest BCUT2D eigenvalue weighted by Crippen LogP contribution is -3.00. The van der Waals surface area contributed by atoms with Crippen molar-refractivity contribution in [3.05, 3.63) is 119 Å². The number of nitro groups is 1. The summed E-state index contributed by atoms with van der Waals surface area (Å²) < 4.78 is 15.1. The Bertz CT molecular complexity index is 1280. The van der Waals surface area contributed by atoms with Crippen molar-refractivity contribution in [3.63, 3.8) is 0 Å². The van der Waals surface area contributed by atoms with Crippen molar-refractivity contribution in [1.29, 1.82) is 0 Å². The maximum atomic E-state index is 15.1. The van der Waals surface area contributed by atoms with Crippen LogP contribution in [0.4, 0.5) is 10.1 Å². The van der Waals surface area contributed by atoms with E-state index in [1.165, 1.54) is 12.1 Å². The molecule has 0 unspecified atom stereocenters. The lowest BCUT2D eigenvalue weighted by molar-refractivity contribution is -0.385. The van der Waals surface area contributed by atoms with Crippen LogP contribution in [0, 0.1) is 15.9 Å². The number of carbonyl (C=O) groups is 1. The van der Waals surface area contributed by atoms with Crippen LogP contribution >= 0.6 is 7.26 Å². The molecule has 0 saturated carbocycles. The van der Waals surface area contributed by atoms with Crippen molar-refractivity contribution in [2.24, 2.45) is 5.73 Å². The van der Waals surface area contributed by atoms with E-state index in [0.717, 1.165) is 22.0 Å². The van der Waals surface area contributed by atoms with Gasteiger partial charge in [0.2, 0.25) is 0 Å². The van der Waals surface area contributed by atoms with Gasteiger partial charge in [0.15, 0.2) is 6.16 Å². The highest BCUT2D eigenvalue weighted by Crippen LogP contribution is 2.56. The highest BCUT2D eigenvalue weighted by Gasteiger charge is 2.48. The number of benzene rings is 4. The highest BCUT2D eigenvalue weighted by molar-refractivity contribution is 7.96. The van der Waals surface area contributed by atoms with Gasteiger partial charge in [-0.2, -0.15) is 0 Å². The van der Waals surface area contributed by atoms with Gasteiger partial charge in [-0.25, -0.2) is 4.39 Å². The van der Waals surface area contributed by atoms with E-state index >= 15 is 4.39 Å². The maximum absolute atomic E-state index is 15.1. The minimum absolute atomic E-state index is 0. The lowest BCUT2D eigenvalue weighted by atomic mass is 10.0. The number of hydrogen-bond acceptors (Lipinski definition) is 3. The molecule has 34 heavy (non-hydrogen) atoms. The second-order valence-corrected chi connectivity index (χ2v) is 11.0. The van der Waals surface area contributed by atoms with Crippen LogP contribution < -0.4 is 34.1 Å². The smallest absolute Gasteiger partial charge is 0.272 e. The Morgan fingerprint density at radius 1 is 0.824 bits per heavy atom. The van der Waals surface area contributed by atoms with Crippen LogP contribution in [0.15, 0.2) is 103 Å². The zero-order valence-corrected chi connectivity index (χ0v) is 19.6. The molecular weight excluding hydrogens is 474 g/mol. The summed E-state index contributed by atoms with van der Waals surface area (Å²) in [7, 11) is -2.64. The number of nitrogens with two attached hydrogens (primary N) is 1. The van der Waals surface area contributed by atoms with Gasteiger partial charge in [0, 0.05) is 17.2 Å². The summed E-state index contributed by atoms with van der Waals surface area (Å²) in [5.41, 5.74) is 6.29. The molecular formula is C26H21ClFN2O3P. The van der Waals surface area contributed by atoms with E-state index in [1.807, 2.05) is 72.8 Å². The Morgan fingerprint density at radius 2 is 1.35 bits per heavy atom. The number of primary amides is 1. The number of amides is 1. The third-order valence-corrected chi connectivity index (χ3v) is 9.91. The zero-order chi connectivity index (χ0) is 23.4. The monoisotopic (exact) mass is 494 g/mol. The van der Waals surface area contributed by atoms with Gasteiger partial charge in [0.1, 0.15) is 29.0 Å². The van der Waals surface area contributed by atoms with Crippen LogP contribution in [0.5, 0.6) is 0 Å². The second kappa shape index (κ2) is 10.6. The van der Waals surface area contributed by atoms with Gasteiger partial charge in [-0.1, -0.05) is 54.6 Å². The summed E-state index contributed by atoms with van der Waals surface area (Å²) in [5.74, 6) is -1.16. The first-order valence-corrected chi connectivity index (χ1v) is 12.2. The normalized spacial score (nSPS) is 10.9. The van der Waals surface area contributed by atoms with Crippen LogP contribution in [0.3, 0.4) is 0 Å². The standard InChI is InChI=1S/C26H20FN2O3P.ClH/c27-24-17-19(29(31)32)15-16-22(24)23-13-7-8-14-25(23)33(18-26(28)30,20-9-3-1-4-10-20)21-11-5-2-6-12-21;/h1-17H,18H2,(H-,28,30);1H. The van der Waals surface area contributed by atoms with Crippen molar-refractivity contribution < 1.29 is 26.5 Å². The van der Waals surface area contributed by atoms with Crippen molar-refractivity contribution in [2.75, 3.05) is 6.16 Å². The Balaban J connectivity index is 0.00000324. The van der Waals surface area contributed by atoms with Crippen LogP contribution in [0.2, 0.25) is 0 Å². The molecule has 0 aliphatic carbocycles. The fourth-order valence-corrected chi connectivity index (χ4v) is 8.33. The fourth-order valence-electron chi connectivity index (χ4n) is 4.16. The fraction of sp³-hybridized carbons (Fsp3) is 0.0385. The first-order chi connectivity index (χ1) is 15.9. The highest BCUT2D eigenvalue weighted by atomic mass is 35.5. The second-order valence-electron chi connectivity index (χ2n) is 7.54. The molecule has 0 aromatic heterocycles. The van der Waals surface area contributed by atoms with Gasteiger partial charge in [-0.05, 0) is 36.4 Å². The largest absolute Gasteiger partial charge is 1.00 e. The average Bonchev–Trinajstić information content (AvgIpc) is 2.83. The summed E-state index contributed by atoms with van der Waals surface area (Å²) >= 11 is 0. The molecule has 0 aliphatic rings. The van der Waals surface area contributed by atoms with Gasteiger partial charge < -0.3 is 18.1 Å². The van der Waals surface area contributed by atoms with Gasteiger partial charge in [0.25, 0.3) is 11.6 Å². The van der Waals surface area contributed by atoms with E-state index in [9.17, 15) is 14.9 Å². The van der Waals surface area contributed by atoms with E-state index in [2.05, 4.69) is 0 Å². The number of nitrogens with zero attached hydrogens (tertiary/aromatic N) is 1. The number of non-ortho nitro benzene ring substituents is 1. The molecule has 0 radical (unpaired) electrons. The minimum atomic E-state index is -2.64. The van der Waals surface area contributed by atoms with Gasteiger partial charge in [0.05, 0.1) is 11.0 Å². The number of nitro benzene ring substituents is 1. The van der Waals surface area contributed by atoms with Crippen LogP contribution in [0.25, 0.3) is 11.1 Å². The minimum Gasteiger partial charge on any atom is -1.00 e. The third kappa shape index (κ3) is 4.69. The Hall–Kier alpha value is -3.60. The SMILES string of the molecule is NC(=O)C[P+](c1ccccc1)(c1ccccc1)c1ccccc1-c1ccc([N+](=O)[O-])cc1F.[Cl-]. The Labute approximate surface area is 203 Å². The molecule has 0 heterocycles. The number of rotatable bonds is 7. The van der Waals surface area contributed by atoms with Gasteiger partial charge in [-0.3, -0.25) is 14.9 Å². The van der Waals surface area contributed by atoms with E-state index in [1.54, 1.807) is 12.1 Å². The van der Waals surface area contributed by atoms with Gasteiger partial charge >= 0.3 is 0 Å². The van der Waals surface area contributed by atoms with Crippen LogP contribution in [0.1, 0.15) is 0 Å². The molecule has 0 bridgehead atoms. The molecule has 4 aromatic carbocycles. The number of halogens is 2. The first-order valence-electron chi connectivity index (χ1n) is 10.2. The summed E-state index contributed by atoms with van der Waals surface area (Å²) in [6, 6.07) is 30.2. The predicted octanol–water partition coefficient (Wildman–Crippen LogP) is 1.18. The molecule has 0 spiro atoms. The van der Waals surface area contributed by atoms with E-state index < -0.39 is 23.9 Å². The molecule has 1 amide bonds. The molecule has 8 heteroatoms. The topological polar surface area (TPSA) is 86.2 Å². The summed E-state index contributed by atoms with van der Waals surface area (Å²) in [6.07, 6.45) is 0.0621. The van der Waals surface area contributed by atoms with Crippen LogP contribution in [-0.2, 0) is 4.79 Å². The predicted molar refractivity (Wildman–Crippen MR) is 131 cm³/mol. The van der Waals surface area contributed by atoms with Gasteiger partial charge in [-0.15, -0.1) is 0 Å². The maximum Gasteiger partial charge on any atom is 0.272 e. The molecule has 0 aliphatic heterocycles. The van der Waals surface area contributed by atoms with Crippen molar-refractivity contribution in [3.8, 4) is 11.1 Å². The molecule has 4 aromatic rings. The first kappa shape index (κ1) is 25.0. The molecule has 0 atom stereocenters. The van der Waals surface area contributed by atoms with E-state index in [0.29, 0.717) is 5.56 Å². The van der Waals surface area contributed by atoms with Crippen molar-refractivity contribution in [2.45, 2.75) is 0 Å². The lowest BCUT2D eigenvalue weighted by Gasteiger charge is -2.28. The number of carbonyl (C=O) groups excluding carboxylic acids is 1. The summed E-state index contributed by atoms with van der Waals surface area (Å²) in [5, 5.41) is 13.8. The molecule has 2 N–H and O–H groups in total. The van der Waals surface area contributed by atoms with E-state index in [4.69, 9.17) is 5.73 Å². The molecule has 0 fully saturated rings. The summed E-state index contributed by atoms with van der Waals surface area (Å²) in [6.45, 7) is 0. The molecule has 172 valence electrons. The average molecular weight is 495 g/mol. The zero-order valence-electron chi connectivity index (χ0n) is 18.0. The van der Waals surface area contributed by atoms with Crippen molar-refractivity contribution in [1.82, 2.24) is 0 Å². The number of hydrogen-bond donors (Lipinski definition) is 1. The molecule has 4 rings (SSSR count). The molecule has 5 nitrogen and oxygen atoms in total.